The summed E-state index contributed by atoms with van der Waals surface area (Å²) >= 11 is 0. The van der Waals surface area contributed by atoms with Crippen LogP contribution in [0.25, 0.3) is 17.3 Å². The lowest BCUT2D eigenvalue weighted by molar-refractivity contribution is 0.0898. The highest BCUT2D eigenvalue weighted by Gasteiger charge is 2.38. The molecule has 1 aromatic carbocycles. The Morgan fingerprint density at radius 2 is 1.74 bits per heavy atom. The number of hydrogen-bond acceptors (Lipinski definition) is 11. The number of piperidine rings is 1. The molecular weight excluding hydrogens is 533 g/mol. The van der Waals surface area contributed by atoms with Gasteiger partial charge < -0.3 is 23.5 Å². The number of para-hydroxylation sites is 1. The zero-order valence-corrected chi connectivity index (χ0v) is 22.1. The van der Waals surface area contributed by atoms with E-state index in [0.29, 0.717) is 29.5 Å². The van der Waals surface area contributed by atoms with Crippen LogP contribution in [0.2, 0.25) is 0 Å². The molecule has 1 aliphatic heterocycles. The van der Waals surface area contributed by atoms with Gasteiger partial charge in [-0.05, 0) is 30.7 Å². The van der Waals surface area contributed by atoms with Gasteiger partial charge in [0, 0.05) is 20.2 Å². The van der Waals surface area contributed by atoms with Gasteiger partial charge in [0.2, 0.25) is 27.7 Å². The maximum atomic E-state index is 13.8. The average molecular weight is 560 g/mol. The van der Waals surface area contributed by atoms with Crippen LogP contribution in [0.1, 0.15) is 6.42 Å². The summed E-state index contributed by atoms with van der Waals surface area (Å²) in [6, 6.07) is 8.49. The molecule has 15 heteroatoms. The summed E-state index contributed by atoms with van der Waals surface area (Å²) < 4.78 is 67.1. The van der Waals surface area contributed by atoms with Crippen molar-refractivity contribution in [2.24, 2.45) is 0 Å². The van der Waals surface area contributed by atoms with Crippen molar-refractivity contribution in [3.05, 3.63) is 54.8 Å². The number of halogens is 1. The van der Waals surface area contributed by atoms with Gasteiger partial charge in [0.05, 0.1) is 39.0 Å². The van der Waals surface area contributed by atoms with Crippen LogP contribution in [-0.4, -0.2) is 78.9 Å². The lowest BCUT2D eigenvalue weighted by Crippen LogP contribution is -2.51. The van der Waals surface area contributed by atoms with Crippen LogP contribution in [0.5, 0.6) is 11.5 Å². The molecule has 4 aromatic rings. The second-order valence-electron chi connectivity index (χ2n) is 8.64. The van der Waals surface area contributed by atoms with Crippen LogP contribution in [0.4, 0.5) is 16.3 Å². The molecule has 4 heterocycles. The fraction of sp³-hybridized carbons (Fsp3) is 0.333. The molecule has 1 saturated heterocycles. The number of aromatic nitrogens is 5. The first-order valence-electron chi connectivity index (χ1n) is 11.8. The number of hydrogen-bond donors (Lipinski definition) is 1. The first-order valence-corrected chi connectivity index (χ1v) is 13.4. The molecule has 5 rings (SSSR count). The predicted octanol–water partition coefficient (Wildman–Crippen LogP) is 2.51. The third-order valence-electron chi connectivity index (χ3n) is 6.30. The summed E-state index contributed by atoms with van der Waals surface area (Å²) in [5.41, 5.74) is 0.372. The largest absolute Gasteiger partial charge is 0.494 e. The third-order valence-corrected chi connectivity index (χ3v) is 7.99. The van der Waals surface area contributed by atoms with Crippen LogP contribution in [0.15, 0.2) is 53.4 Å². The first-order chi connectivity index (χ1) is 18.8. The van der Waals surface area contributed by atoms with Crippen molar-refractivity contribution in [1.82, 2.24) is 24.7 Å². The predicted molar refractivity (Wildman–Crippen MR) is 138 cm³/mol. The van der Waals surface area contributed by atoms with E-state index in [1.807, 2.05) is 0 Å². The molecule has 0 saturated carbocycles. The van der Waals surface area contributed by atoms with Crippen LogP contribution in [0, 0.1) is 5.82 Å². The Hall–Kier alpha value is -4.24. The zero-order valence-electron chi connectivity index (χ0n) is 21.3. The Balaban J connectivity index is 1.54. The number of benzene rings is 1. The number of furan rings is 1. The molecule has 0 spiro atoms. The minimum absolute atomic E-state index is 0.0397. The Morgan fingerprint density at radius 3 is 2.36 bits per heavy atom. The summed E-state index contributed by atoms with van der Waals surface area (Å²) in [5.74, 6) is 0.841. The summed E-state index contributed by atoms with van der Waals surface area (Å²) in [6.07, 6.45) is 3.27. The van der Waals surface area contributed by atoms with Gasteiger partial charge in [0.15, 0.2) is 11.6 Å². The summed E-state index contributed by atoms with van der Waals surface area (Å²) in [4.78, 5) is 9.64. The van der Waals surface area contributed by atoms with Gasteiger partial charge in [0.25, 0.3) is 0 Å². The summed E-state index contributed by atoms with van der Waals surface area (Å²) in [7, 11) is 0.375. The van der Waals surface area contributed by atoms with Crippen molar-refractivity contribution in [3.63, 3.8) is 0 Å². The molecule has 39 heavy (non-hydrogen) atoms. The number of nitrogens with one attached hydrogen (secondary N) is 1. The van der Waals surface area contributed by atoms with Gasteiger partial charge in [0.1, 0.15) is 22.4 Å². The standard InChI is InChI=1S/C24H26FN7O6S/c1-35-16-10-17(14-31(13-16)23-26-11-15(25)12-27-23)39(33,34)30-24-29-28-22(20-8-5-9-38-20)32(24)21-18(36-2)6-4-7-19(21)37-3/h4-9,11-12,16-17H,10,13-14H2,1-3H3,(H,29,30)/t16-,17+/m1/s1. The number of sulfonamides is 1. The SMILES string of the molecule is COc1cccc(OC)c1-n1c(NS(=O)(=O)[C@H]2C[C@@H](OC)CN(c3ncc(F)cn3)C2)nnc1-c1ccco1. The highest BCUT2D eigenvalue weighted by Crippen LogP contribution is 2.38. The minimum atomic E-state index is -4.09. The van der Waals surface area contributed by atoms with Gasteiger partial charge in [-0.3, -0.25) is 9.29 Å². The highest BCUT2D eigenvalue weighted by molar-refractivity contribution is 7.93. The molecular formula is C24H26FN7O6S. The fourth-order valence-electron chi connectivity index (χ4n) is 4.43. The average Bonchev–Trinajstić information content (AvgIpc) is 3.62. The molecule has 3 aromatic heterocycles. The van der Waals surface area contributed by atoms with Crippen molar-refractivity contribution in [2.45, 2.75) is 17.8 Å². The topological polar surface area (TPSA) is 147 Å². The molecule has 1 aliphatic rings. The van der Waals surface area contributed by atoms with Crippen LogP contribution in [0.3, 0.4) is 0 Å². The van der Waals surface area contributed by atoms with Crippen molar-refractivity contribution < 1.29 is 31.4 Å². The molecule has 0 unspecified atom stereocenters. The molecule has 0 radical (unpaired) electrons. The number of rotatable bonds is 9. The molecule has 0 bridgehead atoms. The zero-order chi connectivity index (χ0) is 27.6. The van der Waals surface area contributed by atoms with E-state index < -0.39 is 27.2 Å². The maximum Gasteiger partial charge on any atom is 0.243 e. The number of methoxy groups -OCH3 is 3. The van der Waals surface area contributed by atoms with Gasteiger partial charge in [-0.1, -0.05) is 6.07 Å². The number of anilines is 2. The lowest BCUT2D eigenvalue weighted by atomic mass is 10.1. The Morgan fingerprint density at radius 1 is 1.03 bits per heavy atom. The highest BCUT2D eigenvalue weighted by atomic mass is 32.2. The Bertz CT molecular complexity index is 1510. The first kappa shape index (κ1) is 26.4. The molecule has 2 atom stereocenters. The van der Waals surface area contributed by atoms with Crippen LogP contribution in [-0.2, 0) is 14.8 Å². The van der Waals surface area contributed by atoms with Gasteiger partial charge in [-0.25, -0.2) is 22.8 Å². The van der Waals surface area contributed by atoms with E-state index in [4.69, 9.17) is 18.6 Å². The van der Waals surface area contributed by atoms with E-state index >= 15 is 0 Å². The van der Waals surface area contributed by atoms with Gasteiger partial charge in [-0.2, -0.15) is 0 Å². The number of nitrogens with zero attached hydrogens (tertiary/aromatic N) is 6. The van der Waals surface area contributed by atoms with Gasteiger partial charge in [-0.15, -0.1) is 10.2 Å². The third kappa shape index (κ3) is 5.22. The van der Waals surface area contributed by atoms with Crippen molar-refractivity contribution in [1.29, 1.82) is 0 Å². The molecule has 13 nitrogen and oxygen atoms in total. The van der Waals surface area contributed by atoms with Crippen molar-refractivity contribution in [2.75, 3.05) is 44.0 Å². The lowest BCUT2D eigenvalue weighted by Gasteiger charge is -2.36. The molecule has 206 valence electrons. The normalized spacial score (nSPS) is 17.7. The summed E-state index contributed by atoms with van der Waals surface area (Å²) in [5, 5.41) is 7.40. The van der Waals surface area contributed by atoms with Crippen LogP contribution < -0.4 is 19.1 Å². The molecule has 0 aliphatic carbocycles. The smallest absolute Gasteiger partial charge is 0.243 e. The van der Waals surface area contributed by atoms with E-state index in [-0.39, 0.29) is 30.7 Å². The molecule has 0 amide bonds. The molecule has 1 N–H and O–H groups in total. The monoisotopic (exact) mass is 559 g/mol. The van der Waals surface area contributed by atoms with E-state index in [0.717, 1.165) is 12.4 Å². The minimum Gasteiger partial charge on any atom is -0.494 e. The number of ether oxygens (including phenoxy) is 3. The Kier molecular flexibility index (Phi) is 7.34. The van der Waals surface area contributed by atoms with E-state index in [2.05, 4.69) is 24.9 Å². The Labute approximate surface area is 223 Å². The molecule has 1 fully saturated rings. The van der Waals surface area contributed by atoms with Crippen molar-refractivity contribution in [3.8, 4) is 28.8 Å². The van der Waals surface area contributed by atoms with Gasteiger partial charge >= 0.3 is 0 Å². The van der Waals surface area contributed by atoms with Crippen LogP contribution >= 0.6 is 0 Å². The fourth-order valence-corrected chi connectivity index (χ4v) is 5.82. The van der Waals surface area contributed by atoms with E-state index in [1.54, 1.807) is 35.2 Å². The maximum absolute atomic E-state index is 13.8. The van der Waals surface area contributed by atoms with E-state index in [1.165, 1.54) is 32.2 Å². The quantitative estimate of drug-likeness (QED) is 0.323. The van der Waals surface area contributed by atoms with E-state index in [9.17, 15) is 12.8 Å². The van der Waals surface area contributed by atoms with Crippen molar-refractivity contribution >= 4 is 21.9 Å². The second kappa shape index (κ2) is 10.9. The second-order valence-corrected chi connectivity index (χ2v) is 10.6. The summed E-state index contributed by atoms with van der Waals surface area (Å²) in [6.45, 7) is 0.378.